The molecular weight excluding hydrogens is 240 g/mol. The van der Waals surface area contributed by atoms with Gasteiger partial charge in [-0.1, -0.05) is 13.0 Å². The third-order valence-corrected chi connectivity index (χ3v) is 2.81. The number of hydrogen-bond acceptors (Lipinski definition) is 2. The van der Waals surface area contributed by atoms with Crippen LogP contribution in [-0.4, -0.2) is 23.3 Å². The Morgan fingerprint density at radius 2 is 2.17 bits per heavy atom. The molecule has 2 rings (SSSR count). The fourth-order valence-electron chi connectivity index (χ4n) is 2.05. The van der Waals surface area contributed by atoms with Gasteiger partial charge in [0.25, 0.3) is 0 Å². The molecular formula is C12H13F2N3O. The van der Waals surface area contributed by atoms with Crippen molar-refractivity contribution in [2.24, 2.45) is 0 Å². The van der Waals surface area contributed by atoms with Crippen LogP contribution in [0.15, 0.2) is 18.2 Å². The van der Waals surface area contributed by atoms with E-state index in [0.717, 1.165) is 12.1 Å². The number of carbonyl (C=O) groups is 1. The zero-order valence-corrected chi connectivity index (χ0v) is 9.84. The van der Waals surface area contributed by atoms with Crippen molar-refractivity contribution in [3.63, 3.8) is 0 Å². The van der Waals surface area contributed by atoms with Gasteiger partial charge in [-0.25, -0.2) is 13.6 Å². The minimum absolute atomic E-state index is 0.0843. The molecule has 2 amide bonds. The first-order valence-corrected chi connectivity index (χ1v) is 5.65. The van der Waals surface area contributed by atoms with Crippen molar-refractivity contribution in [2.45, 2.75) is 19.4 Å². The van der Waals surface area contributed by atoms with Crippen molar-refractivity contribution in [3.05, 3.63) is 35.4 Å². The molecule has 1 saturated heterocycles. The first kappa shape index (κ1) is 12.5. The average Bonchev–Trinajstić information content (AvgIpc) is 2.56. The lowest BCUT2D eigenvalue weighted by Crippen LogP contribution is -2.30. The number of hydrogen-bond donors (Lipinski definition) is 2. The van der Waals surface area contributed by atoms with Crippen LogP contribution in [0.5, 0.6) is 0 Å². The SMILES string of the molecule is CCCN1C(=O)NC(=N)C1c1ccc(F)cc1F. The molecule has 1 aromatic carbocycles. The van der Waals surface area contributed by atoms with Crippen LogP contribution in [0.2, 0.25) is 0 Å². The summed E-state index contributed by atoms with van der Waals surface area (Å²) in [6, 6.07) is 1.94. The van der Waals surface area contributed by atoms with Crippen molar-refractivity contribution in [3.8, 4) is 0 Å². The predicted molar refractivity (Wildman–Crippen MR) is 62.4 cm³/mol. The minimum Gasteiger partial charge on any atom is -0.310 e. The third-order valence-electron chi connectivity index (χ3n) is 2.81. The summed E-state index contributed by atoms with van der Waals surface area (Å²) in [6.07, 6.45) is 0.694. The molecule has 0 bridgehead atoms. The van der Waals surface area contributed by atoms with E-state index in [1.54, 1.807) is 0 Å². The second-order valence-corrected chi connectivity index (χ2v) is 4.11. The first-order chi connectivity index (χ1) is 8.54. The summed E-state index contributed by atoms with van der Waals surface area (Å²) in [4.78, 5) is 13.0. The number of rotatable bonds is 3. The fourth-order valence-corrected chi connectivity index (χ4v) is 2.05. The fraction of sp³-hybridized carbons (Fsp3) is 0.333. The summed E-state index contributed by atoms with van der Waals surface area (Å²) in [5.74, 6) is -1.51. The summed E-state index contributed by atoms with van der Waals surface area (Å²) in [7, 11) is 0. The van der Waals surface area contributed by atoms with Crippen LogP contribution in [0.25, 0.3) is 0 Å². The van der Waals surface area contributed by atoms with Crippen molar-refractivity contribution in [1.82, 2.24) is 10.2 Å². The average molecular weight is 253 g/mol. The molecule has 2 N–H and O–H groups in total. The normalized spacial score (nSPS) is 19.3. The van der Waals surface area contributed by atoms with Gasteiger partial charge in [0.1, 0.15) is 23.5 Å². The predicted octanol–water partition coefficient (Wildman–Crippen LogP) is 2.42. The number of nitrogens with one attached hydrogen (secondary N) is 2. The molecule has 1 aromatic rings. The molecule has 0 aliphatic carbocycles. The van der Waals surface area contributed by atoms with Gasteiger partial charge in [-0.15, -0.1) is 0 Å². The van der Waals surface area contributed by atoms with Crippen molar-refractivity contribution < 1.29 is 13.6 Å². The highest BCUT2D eigenvalue weighted by Crippen LogP contribution is 2.28. The summed E-state index contributed by atoms with van der Waals surface area (Å²) in [5, 5.41) is 10.1. The highest BCUT2D eigenvalue weighted by atomic mass is 19.1. The number of benzene rings is 1. The Morgan fingerprint density at radius 1 is 1.44 bits per heavy atom. The maximum absolute atomic E-state index is 13.7. The second-order valence-electron chi connectivity index (χ2n) is 4.11. The summed E-state index contributed by atoms with van der Waals surface area (Å²) < 4.78 is 26.6. The Bertz CT molecular complexity index is 504. The van der Waals surface area contributed by atoms with Crippen molar-refractivity contribution >= 4 is 11.9 Å². The van der Waals surface area contributed by atoms with Crippen LogP contribution in [0.1, 0.15) is 24.9 Å². The van der Waals surface area contributed by atoms with E-state index in [4.69, 9.17) is 5.41 Å². The second kappa shape index (κ2) is 4.72. The number of urea groups is 1. The smallest absolute Gasteiger partial charge is 0.310 e. The standard InChI is InChI=1S/C12H13F2N3O/c1-2-5-17-10(11(15)16-12(17)18)8-4-3-7(13)6-9(8)14/h3-4,6,10H,2,5H2,1H3,(H2,15,16,18). The lowest BCUT2D eigenvalue weighted by atomic mass is 10.0. The van der Waals surface area contributed by atoms with Gasteiger partial charge in [0, 0.05) is 18.2 Å². The van der Waals surface area contributed by atoms with Gasteiger partial charge in [0.2, 0.25) is 0 Å². The molecule has 96 valence electrons. The lowest BCUT2D eigenvalue weighted by molar-refractivity contribution is 0.205. The van der Waals surface area contributed by atoms with E-state index in [2.05, 4.69) is 5.32 Å². The number of amides is 2. The molecule has 1 atom stereocenters. The first-order valence-electron chi connectivity index (χ1n) is 5.65. The molecule has 0 radical (unpaired) electrons. The van der Waals surface area contributed by atoms with Gasteiger partial charge in [-0.05, 0) is 12.5 Å². The summed E-state index contributed by atoms with van der Waals surface area (Å²) in [5.41, 5.74) is 0.133. The van der Waals surface area contributed by atoms with Crippen LogP contribution in [0.4, 0.5) is 13.6 Å². The molecule has 1 fully saturated rings. The molecule has 1 aliphatic heterocycles. The van der Waals surface area contributed by atoms with Gasteiger partial charge >= 0.3 is 6.03 Å². The van der Waals surface area contributed by atoms with E-state index in [9.17, 15) is 13.6 Å². The Morgan fingerprint density at radius 3 is 2.78 bits per heavy atom. The Balaban J connectivity index is 2.40. The molecule has 1 unspecified atom stereocenters. The highest BCUT2D eigenvalue weighted by molar-refractivity contribution is 6.06. The number of amidine groups is 1. The largest absolute Gasteiger partial charge is 0.323 e. The Kier molecular flexibility index (Phi) is 3.27. The van der Waals surface area contributed by atoms with Crippen molar-refractivity contribution in [2.75, 3.05) is 6.54 Å². The summed E-state index contributed by atoms with van der Waals surface area (Å²) >= 11 is 0. The van der Waals surface area contributed by atoms with Crippen LogP contribution in [-0.2, 0) is 0 Å². The third kappa shape index (κ3) is 2.05. The van der Waals surface area contributed by atoms with Gasteiger partial charge < -0.3 is 4.90 Å². The molecule has 18 heavy (non-hydrogen) atoms. The number of nitrogens with zero attached hydrogens (tertiary/aromatic N) is 1. The molecule has 1 aliphatic rings. The van der Waals surface area contributed by atoms with E-state index in [1.165, 1.54) is 11.0 Å². The van der Waals surface area contributed by atoms with E-state index in [-0.39, 0.29) is 11.4 Å². The molecule has 0 spiro atoms. The van der Waals surface area contributed by atoms with Crippen LogP contribution in [0.3, 0.4) is 0 Å². The molecule has 6 heteroatoms. The Hall–Kier alpha value is -1.98. The minimum atomic E-state index is -0.793. The van der Waals surface area contributed by atoms with E-state index in [1.807, 2.05) is 6.92 Å². The maximum atomic E-state index is 13.7. The van der Waals surface area contributed by atoms with Gasteiger partial charge in [-0.2, -0.15) is 0 Å². The van der Waals surface area contributed by atoms with E-state index < -0.39 is 23.7 Å². The molecule has 1 heterocycles. The van der Waals surface area contributed by atoms with Gasteiger partial charge in [0.05, 0.1) is 0 Å². The highest BCUT2D eigenvalue weighted by Gasteiger charge is 2.37. The number of carbonyl (C=O) groups excluding carboxylic acids is 1. The van der Waals surface area contributed by atoms with Crippen LogP contribution in [0, 0.1) is 17.0 Å². The molecule has 0 saturated carbocycles. The summed E-state index contributed by atoms with van der Waals surface area (Å²) in [6.45, 7) is 2.29. The monoisotopic (exact) mass is 253 g/mol. The van der Waals surface area contributed by atoms with E-state index >= 15 is 0 Å². The topological polar surface area (TPSA) is 56.2 Å². The molecule has 0 aromatic heterocycles. The number of halogens is 2. The Labute approximate surface area is 103 Å². The lowest BCUT2D eigenvalue weighted by Gasteiger charge is -2.22. The van der Waals surface area contributed by atoms with Crippen LogP contribution >= 0.6 is 0 Å². The quantitative estimate of drug-likeness (QED) is 0.854. The van der Waals surface area contributed by atoms with E-state index in [0.29, 0.717) is 13.0 Å². The van der Waals surface area contributed by atoms with Gasteiger partial charge in [0.15, 0.2) is 0 Å². The maximum Gasteiger partial charge on any atom is 0.323 e. The van der Waals surface area contributed by atoms with Crippen molar-refractivity contribution in [1.29, 1.82) is 5.41 Å². The van der Waals surface area contributed by atoms with Crippen LogP contribution < -0.4 is 5.32 Å². The molecule has 4 nitrogen and oxygen atoms in total. The zero-order valence-electron chi connectivity index (χ0n) is 9.84. The zero-order chi connectivity index (χ0) is 13.3. The van der Waals surface area contributed by atoms with Gasteiger partial charge in [-0.3, -0.25) is 10.7 Å².